The fourth-order valence-corrected chi connectivity index (χ4v) is 2.21. The maximum absolute atomic E-state index is 10.2. The topological polar surface area (TPSA) is 52.4 Å². The molecule has 0 amide bonds. The number of nitro groups is 1. The second-order valence-electron chi connectivity index (χ2n) is 1.86. The van der Waals surface area contributed by atoms with Crippen molar-refractivity contribution in [2.75, 3.05) is 7.11 Å². The van der Waals surface area contributed by atoms with Crippen LogP contribution in [0, 0.1) is 10.1 Å². The zero-order valence-corrected chi connectivity index (χ0v) is 9.69. The molecule has 0 aliphatic rings. The third-order valence-electron chi connectivity index (χ3n) is 1.03. The molecule has 12 heavy (non-hydrogen) atoms. The SMILES string of the molecule is COC(C(Br)[N+](=O)[O-])C(Cl)(Cl)Cl. The highest BCUT2D eigenvalue weighted by molar-refractivity contribution is 9.09. The van der Waals surface area contributed by atoms with Gasteiger partial charge in [-0.3, -0.25) is 10.1 Å². The summed E-state index contributed by atoms with van der Waals surface area (Å²) >= 11 is 19.0. The van der Waals surface area contributed by atoms with Crippen molar-refractivity contribution in [3.63, 3.8) is 0 Å². The van der Waals surface area contributed by atoms with Crippen LogP contribution >= 0.6 is 50.7 Å². The van der Waals surface area contributed by atoms with Crippen LogP contribution in [0.4, 0.5) is 0 Å². The molecule has 0 bridgehead atoms. The van der Waals surface area contributed by atoms with E-state index in [-0.39, 0.29) is 0 Å². The summed E-state index contributed by atoms with van der Waals surface area (Å²) in [5, 5.41) is 10.2. The van der Waals surface area contributed by atoms with Crippen molar-refractivity contribution in [1.82, 2.24) is 0 Å². The molecule has 0 N–H and O–H groups in total. The monoisotopic (exact) mass is 299 g/mol. The van der Waals surface area contributed by atoms with E-state index in [9.17, 15) is 10.1 Å². The van der Waals surface area contributed by atoms with Crippen molar-refractivity contribution < 1.29 is 9.66 Å². The summed E-state index contributed by atoms with van der Waals surface area (Å²) in [5.41, 5.74) is 0. The molecule has 0 spiro atoms. The molecule has 0 fully saturated rings. The maximum atomic E-state index is 10.2. The highest BCUT2D eigenvalue weighted by Crippen LogP contribution is 2.35. The standard InChI is InChI=1S/C4H5BrCl3NO3/c1-12-2(4(6,7)8)3(5)9(10)11/h2-3H,1H3. The summed E-state index contributed by atoms with van der Waals surface area (Å²) < 4.78 is 2.83. The molecule has 0 rings (SSSR count). The zero-order chi connectivity index (χ0) is 9.94. The first-order valence-electron chi connectivity index (χ1n) is 2.67. The van der Waals surface area contributed by atoms with Crippen molar-refractivity contribution >= 4 is 50.7 Å². The van der Waals surface area contributed by atoms with Crippen molar-refractivity contribution in [2.45, 2.75) is 14.8 Å². The molecule has 0 aromatic rings. The molecule has 0 aliphatic heterocycles. The summed E-state index contributed by atoms with van der Waals surface area (Å²) in [4.78, 5) is 8.37. The number of hydrogen-bond donors (Lipinski definition) is 0. The van der Waals surface area contributed by atoms with Crippen LogP contribution in [0.15, 0.2) is 0 Å². The van der Waals surface area contributed by atoms with Crippen LogP contribution in [-0.2, 0) is 4.74 Å². The molecule has 0 saturated carbocycles. The smallest absolute Gasteiger partial charge is 0.295 e. The van der Waals surface area contributed by atoms with E-state index >= 15 is 0 Å². The normalized spacial score (nSPS) is 17.1. The minimum atomic E-state index is -1.82. The molecular weight excluding hydrogens is 296 g/mol. The van der Waals surface area contributed by atoms with Gasteiger partial charge in [0, 0.05) is 12.0 Å². The lowest BCUT2D eigenvalue weighted by Gasteiger charge is -2.22. The minimum absolute atomic E-state index is 0.643. The van der Waals surface area contributed by atoms with Crippen molar-refractivity contribution in [1.29, 1.82) is 0 Å². The van der Waals surface area contributed by atoms with Gasteiger partial charge in [0.05, 0.1) is 0 Å². The quantitative estimate of drug-likeness (QED) is 0.348. The van der Waals surface area contributed by atoms with Crippen LogP contribution in [0.1, 0.15) is 0 Å². The number of halogens is 4. The Morgan fingerprint density at radius 2 is 2.00 bits per heavy atom. The molecule has 4 nitrogen and oxygen atoms in total. The third-order valence-corrected chi connectivity index (χ3v) is 2.49. The molecule has 0 saturated heterocycles. The summed E-state index contributed by atoms with van der Waals surface area (Å²) in [6.07, 6.45) is -1.13. The third kappa shape index (κ3) is 3.62. The van der Waals surface area contributed by atoms with E-state index in [1.807, 2.05) is 0 Å². The molecule has 0 radical (unpaired) electrons. The van der Waals surface area contributed by atoms with Gasteiger partial charge < -0.3 is 4.74 Å². The van der Waals surface area contributed by atoms with Crippen LogP contribution in [0.3, 0.4) is 0 Å². The Labute approximate surface area is 92.4 Å². The molecule has 0 aliphatic carbocycles. The van der Waals surface area contributed by atoms with E-state index in [1.165, 1.54) is 7.11 Å². The Bertz CT molecular complexity index is 173. The van der Waals surface area contributed by atoms with Gasteiger partial charge in [0.15, 0.2) is 6.10 Å². The van der Waals surface area contributed by atoms with Crippen LogP contribution in [0.2, 0.25) is 0 Å². The molecule has 2 atom stereocenters. The lowest BCUT2D eigenvalue weighted by Crippen LogP contribution is -2.40. The lowest BCUT2D eigenvalue weighted by atomic mass is 10.4. The molecule has 2 unspecified atom stereocenters. The number of hydrogen-bond acceptors (Lipinski definition) is 3. The van der Waals surface area contributed by atoms with E-state index < -0.39 is 19.8 Å². The number of methoxy groups -OCH3 is 1. The largest absolute Gasteiger partial charge is 0.369 e. The first-order valence-corrected chi connectivity index (χ1v) is 4.72. The highest BCUT2D eigenvalue weighted by atomic mass is 79.9. The number of nitrogens with zero attached hydrogens (tertiary/aromatic N) is 1. The number of rotatable bonds is 3. The Morgan fingerprint density at radius 3 is 2.08 bits per heavy atom. The van der Waals surface area contributed by atoms with E-state index in [2.05, 4.69) is 20.7 Å². The average Bonchev–Trinajstić information content (AvgIpc) is 1.85. The van der Waals surface area contributed by atoms with Crippen molar-refractivity contribution in [3.8, 4) is 0 Å². The average molecular weight is 301 g/mol. The van der Waals surface area contributed by atoms with Gasteiger partial charge in [0.2, 0.25) is 3.79 Å². The van der Waals surface area contributed by atoms with E-state index in [0.29, 0.717) is 0 Å². The Kier molecular flexibility index (Phi) is 5.10. The first kappa shape index (κ1) is 12.7. The van der Waals surface area contributed by atoms with Gasteiger partial charge >= 0.3 is 0 Å². The fraction of sp³-hybridized carbons (Fsp3) is 1.00. The van der Waals surface area contributed by atoms with Gasteiger partial charge in [-0.1, -0.05) is 34.8 Å². The van der Waals surface area contributed by atoms with Gasteiger partial charge in [0.1, 0.15) is 0 Å². The highest BCUT2D eigenvalue weighted by Gasteiger charge is 2.44. The first-order chi connectivity index (χ1) is 5.30. The second kappa shape index (κ2) is 4.81. The predicted octanol–water partition coefficient (Wildman–Crippen LogP) is 2.37. The molecule has 0 aromatic carbocycles. The predicted molar refractivity (Wildman–Crippen MR) is 50.8 cm³/mol. The van der Waals surface area contributed by atoms with Gasteiger partial charge in [0.25, 0.3) is 4.95 Å². The van der Waals surface area contributed by atoms with Crippen LogP contribution in [0.5, 0.6) is 0 Å². The summed E-state index contributed by atoms with van der Waals surface area (Å²) in [7, 11) is 1.23. The Morgan fingerprint density at radius 1 is 1.58 bits per heavy atom. The minimum Gasteiger partial charge on any atom is -0.369 e. The fourth-order valence-electron chi connectivity index (χ4n) is 0.512. The van der Waals surface area contributed by atoms with E-state index in [4.69, 9.17) is 34.8 Å². The zero-order valence-electron chi connectivity index (χ0n) is 5.84. The van der Waals surface area contributed by atoms with E-state index in [1.54, 1.807) is 0 Å². The Balaban J connectivity index is 4.45. The number of alkyl halides is 4. The molecule has 8 heteroatoms. The van der Waals surface area contributed by atoms with Crippen LogP contribution < -0.4 is 0 Å². The van der Waals surface area contributed by atoms with Crippen LogP contribution in [-0.4, -0.2) is 26.9 Å². The summed E-state index contributed by atoms with van der Waals surface area (Å²) in [6, 6.07) is 0. The van der Waals surface area contributed by atoms with Gasteiger partial charge in [-0.25, -0.2) is 0 Å². The molecular formula is C4H5BrCl3NO3. The molecule has 0 heterocycles. The second-order valence-corrected chi connectivity index (χ2v) is 5.16. The van der Waals surface area contributed by atoms with Crippen molar-refractivity contribution in [2.24, 2.45) is 0 Å². The van der Waals surface area contributed by atoms with Gasteiger partial charge in [-0.2, -0.15) is 0 Å². The van der Waals surface area contributed by atoms with Gasteiger partial charge in [-0.15, -0.1) is 0 Å². The number of ether oxygens (including phenoxy) is 1. The van der Waals surface area contributed by atoms with Gasteiger partial charge in [-0.05, 0) is 15.9 Å². The molecule has 0 aromatic heterocycles. The van der Waals surface area contributed by atoms with Crippen molar-refractivity contribution in [3.05, 3.63) is 10.1 Å². The molecule has 72 valence electrons. The summed E-state index contributed by atoms with van der Waals surface area (Å²) in [6.45, 7) is 0. The maximum Gasteiger partial charge on any atom is 0.295 e. The van der Waals surface area contributed by atoms with E-state index in [0.717, 1.165) is 0 Å². The van der Waals surface area contributed by atoms with Crippen LogP contribution in [0.25, 0.3) is 0 Å². The Hall–Kier alpha value is 0.710. The lowest BCUT2D eigenvalue weighted by molar-refractivity contribution is -0.504. The summed E-state index contributed by atoms with van der Waals surface area (Å²) in [5.74, 6) is 0.